The predicted octanol–water partition coefficient (Wildman–Crippen LogP) is 3.54. The number of hydrogen-bond donors (Lipinski definition) is 2. The molecule has 2 fully saturated rings. The standard InChI is InChI=1S/C27H45N5O3S/c1-18(2)22-15-23(19(3)4)25(24(16-22)20(5)6)36(34,35)17-30-11-13-31(14-12-30)26(33)21-7-9-32(10-8-21)27(28)29/h15-16,18-21H,7-14,17H2,1-6H3,(H3,28,29). The normalized spacial score (nSPS) is 18.5. The SMILES string of the molecule is CC(C)c1cc(C(C)C)c(S(=O)(=O)CN2CCN(C(=O)C3CCN(C(=N)N)CC3)CC2)c(C(C)C)c1. The molecule has 3 N–H and O–H groups in total. The molecule has 2 aliphatic heterocycles. The Morgan fingerprint density at radius 2 is 1.39 bits per heavy atom. The molecule has 1 amide bonds. The summed E-state index contributed by atoms with van der Waals surface area (Å²) in [6, 6.07) is 4.17. The van der Waals surface area contributed by atoms with Gasteiger partial charge in [0.15, 0.2) is 15.8 Å². The van der Waals surface area contributed by atoms with E-state index >= 15 is 0 Å². The molecule has 0 saturated carbocycles. The van der Waals surface area contributed by atoms with Crippen molar-refractivity contribution in [2.45, 2.75) is 77.0 Å². The van der Waals surface area contributed by atoms with Crippen LogP contribution in [0.2, 0.25) is 0 Å². The highest BCUT2D eigenvalue weighted by Crippen LogP contribution is 2.36. The summed E-state index contributed by atoms with van der Waals surface area (Å²) < 4.78 is 27.7. The molecule has 0 aliphatic carbocycles. The van der Waals surface area contributed by atoms with Crippen LogP contribution >= 0.6 is 0 Å². The van der Waals surface area contributed by atoms with Gasteiger partial charge in [-0.2, -0.15) is 0 Å². The molecule has 0 unspecified atom stereocenters. The zero-order valence-electron chi connectivity index (χ0n) is 22.9. The summed E-state index contributed by atoms with van der Waals surface area (Å²) in [5.41, 5.74) is 8.58. The highest BCUT2D eigenvalue weighted by molar-refractivity contribution is 7.91. The summed E-state index contributed by atoms with van der Waals surface area (Å²) in [4.78, 5) is 19.2. The Hall–Kier alpha value is -2.13. The zero-order chi connectivity index (χ0) is 26.8. The van der Waals surface area contributed by atoms with Crippen LogP contribution < -0.4 is 5.73 Å². The number of sulfone groups is 1. The van der Waals surface area contributed by atoms with E-state index in [9.17, 15) is 13.2 Å². The number of nitrogens with one attached hydrogen (secondary N) is 1. The predicted molar refractivity (Wildman–Crippen MR) is 145 cm³/mol. The van der Waals surface area contributed by atoms with Crippen molar-refractivity contribution in [3.8, 4) is 0 Å². The van der Waals surface area contributed by atoms with E-state index in [1.807, 2.05) is 9.80 Å². The minimum Gasteiger partial charge on any atom is -0.370 e. The van der Waals surface area contributed by atoms with E-state index in [4.69, 9.17) is 11.1 Å². The maximum atomic E-state index is 13.8. The van der Waals surface area contributed by atoms with Gasteiger partial charge in [-0.05, 0) is 47.3 Å². The maximum absolute atomic E-state index is 13.8. The third kappa shape index (κ3) is 6.40. The lowest BCUT2D eigenvalue weighted by Gasteiger charge is -2.38. The van der Waals surface area contributed by atoms with Gasteiger partial charge >= 0.3 is 0 Å². The van der Waals surface area contributed by atoms with Crippen LogP contribution in [0, 0.1) is 11.3 Å². The van der Waals surface area contributed by atoms with Crippen molar-refractivity contribution in [2.24, 2.45) is 11.7 Å². The molecule has 0 atom stereocenters. The van der Waals surface area contributed by atoms with Crippen molar-refractivity contribution in [1.82, 2.24) is 14.7 Å². The van der Waals surface area contributed by atoms with E-state index < -0.39 is 9.84 Å². The monoisotopic (exact) mass is 519 g/mol. The molecule has 0 aromatic heterocycles. The molecule has 3 rings (SSSR count). The number of nitrogens with two attached hydrogens (primary N) is 1. The van der Waals surface area contributed by atoms with Crippen molar-refractivity contribution in [3.63, 3.8) is 0 Å². The minimum atomic E-state index is -3.54. The summed E-state index contributed by atoms with van der Waals surface area (Å²) in [6.45, 7) is 16.0. The number of piperidine rings is 1. The summed E-state index contributed by atoms with van der Waals surface area (Å²) in [7, 11) is -3.54. The average Bonchev–Trinajstić information content (AvgIpc) is 2.82. The molecule has 2 saturated heterocycles. The largest absolute Gasteiger partial charge is 0.370 e. The highest BCUT2D eigenvalue weighted by Gasteiger charge is 2.33. The van der Waals surface area contributed by atoms with Gasteiger partial charge in [-0.25, -0.2) is 8.42 Å². The molecule has 0 bridgehead atoms. The van der Waals surface area contributed by atoms with Crippen LogP contribution in [-0.2, 0) is 14.6 Å². The van der Waals surface area contributed by atoms with Gasteiger partial charge < -0.3 is 15.5 Å². The van der Waals surface area contributed by atoms with Crippen LogP contribution in [-0.4, -0.2) is 80.1 Å². The van der Waals surface area contributed by atoms with Gasteiger partial charge in [-0.3, -0.25) is 15.1 Å². The number of amides is 1. The second kappa shape index (κ2) is 11.5. The fraction of sp³-hybridized carbons (Fsp3) is 0.704. The van der Waals surface area contributed by atoms with Crippen LogP contribution in [0.5, 0.6) is 0 Å². The van der Waals surface area contributed by atoms with Gasteiger partial charge in [-0.15, -0.1) is 0 Å². The number of benzene rings is 1. The summed E-state index contributed by atoms with van der Waals surface area (Å²) in [6.07, 6.45) is 1.41. The topological polar surface area (TPSA) is 111 Å². The fourth-order valence-electron chi connectivity index (χ4n) is 5.28. The molecule has 2 aliphatic rings. The molecular formula is C27H45N5O3S. The number of carbonyl (C=O) groups excluding carboxylic acids is 1. The number of piperazine rings is 1. The van der Waals surface area contributed by atoms with E-state index in [2.05, 4.69) is 53.7 Å². The lowest BCUT2D eigenvalue weighted by atomic mass is 9.89. The summed E-state index contributed by atoms with van der Waals surface area (Å²) in [5.74, 6) is 0.691. The van der Waals surface area contributed by atoms with E-state index in [-0.39, 0.29) is 35.5 Å². The number of carbonyl (C=O) groups is 1. The van der Waals surface area contributed by atoms with Crippen LogP contribution in [0.3, 0.4) is 0 Å². The fourth-order valence-corrected chi connectivity index (χ4v) is 7.45. The minimum absolute atomic E-state index is 0.0213. The maximum Gasteiger partial charge on any atom is 0.225 e. The number of hydrogen-bond acceptors (Lipinski definition) is 5. The van der Waals surface area contributed by atoms with E-state index in [1.165, 1.54) is 5.56 Å². The number of nitrogens with zero attached hydrogens (tertiary/aromatic N) is 3. The van der Waals surface area contributed by atoms with Crippen LogP contribution in [0.4, 0.5) is 0 Å². The summed E-state index contributed by atoms with van der Waals surface area (Å²) >= 11 is 0. The molecule has 1 aromatic rings. The van der Waals surface area contributed by atoms with Gasteiger partial charge in [-0.1, -0.05) is 53.7 Å². The molecular weight excluding hydrogens is 474 g/mol. The molecule has 9 heteroatoms. The zero-order valence-corrected chi connectivity index (χ0v) is 23.7. The van der Waals surface area contributed by atoms with Crippen molar-refractivity contribution in [3.05, 3.63) is 28.8 Å². The van der Waals surface area contributed by atoms with Crippen LogP contribution in [0.15, 0.2) is 17.0 Å². The first-order valence-corrected chi connectivity index (χ1v) is 15.0. The number of rotatable bonds is 7. The van der Waals surface area contributed by atoms with Crippen molar-refractivity contribution < 1.29 is 13.2 Å². The van der Waals surface area contributed by atoms with Crippen LogP contribution in [0.1, 0.15) is 88.8 Å². The van der Waals surface area contributed by atoms with E-state index in [0.717, 1.165) is 11.1 Å². The van der Waals surface area contributed by atoms with Gasteiger partial charge in [0.05, 0.1) is 4.90 Å². The third-order valence-electron chi connectivity index (χ3n) is 7.61. The van der Waals surface area contributed by atoms with Crippen molar-refractivity contribution in [2.75, 3.05) is 45.1 Å². The molecule has 2 heterocycles. The Kier molecular flexibility index (Phi) is 9.09. The third-order valence-corrected chi connectivity index (χ3v) is 9.41. The Morgan fingerprint density at radius 3 is 1.81 bits per heavy atom. The van der Waals surface area contributed by atoms with Gasteiger partial charge in [0.2, 0.25) is 5.91 Å². The van der Waals surface area contributed by atoms with Gasteiger partial charge in [0.1, 0.15) is 5.88 Å². The average molecular weight is 520 g/mol. The first-order valence-electron chi connectivity index (χ1n) is 13.3. The Bertz CT molecular complexity index is 1020. The molecule has 0 spiro atoms. The second-order valence-electron chi connectivity index (χ2n) is 11.3. The molecule has 0 radical (unpaired) electrons. The smallest absolute Gasteiger partial charge is 0.225 e. The molecule has 8 nitrogen and oxygen atoms in total. The highest BCUT2D eigenvalue weighted by atomic mass is 32.2. The van der Waals surface area contributed by atoms with Crippen LogP contribution in [0.25, 0.3) is 0 Å². The van der Waals surface area contributed by atoms with Crippen molar-refractivity contribution in [1.29, 1.82) is 5.41 Å². The van der Waals surface area contributed by atoms with Gasteiger partial charge in [0, 0.05) is 45.2 Å². The van der Waals surface area contributed by atoms with Crippen molar-refractivity contribution >= 4 is 21.7 Å². The molecule has 1 aromatic carbocycles. The molecule has 202 valence electrons. The quantitative estimate of drug-likeness (QED) is 0.421. The molecule has 36 heavy (non-hydrogen) atoms. The lowest BCUT2D eigenvalue weighted by molar-refractivity contribution is -0.138. The first kappa shape index (κ1) is 28.4. The van der Waals surface area contributed by atoms with E-state index in [1.54, 1.807) is 4.90 Å². The Labute approximate surface area is 217 Å². The Morgan fingerprint density at radius 1 is 0.889 bits per heavy atom. The lowest BCUT2D eigenvalue weighted by Crippen LogP contribution is -2.53. The first-order chi connectivity index (χ1) is 16.8. The second-order valence-corrected chi connectivity index (χ2v) is 13.2. The van der Waals surface area contributed by atoms with E-state index in [0.29, 0.717) is 62.9 Å². The summed E-state index contributed by atoms with van der Waals surface area (Å²) in [5, 5.41) is 7.57. The van der Waals surface area contributed by atoms with Gasteiger partial charge in [0.25, 0.3) is 0 Å². The number of guanidine groups is 1. The number of likely N-dealkylation sites (tertiary alicyclic amines) is 1. The Balaban J connectivity index is 1.71.